The van der Waals surface area contributed by atoms with Crippen LogP contribution in [0.25, 0.3) is 0 Å². The van der Waals surface area contributed by atoms with Crippen LogP contribution in [0.3, 0.4) is 0 Å². The molecule has 1 saturated carbocycles. The molecule has 1 N–H and O–H groups in total. The van der Waals surface area contributed by atoms with Crippen molar-refractivity contribution in [1.29, 1.82) is 0 Å². The van der Waals surface area contributed by atoms with E-state index in [0.717, 1.165) is 14.2 Å². The van der Waals surface area contributed by atoms with E-state index in [4.69, 9.17) is 9.47 Å². The number of ketones is 1. The van der Waals surface area contributed by atoms with Crippen LogP contribution in [0.15, 0.2) is 24.3 Å². The minimum atomic E-state index is -1.35. The summed E-state index contributed by atoms with van der Waals surface area (Å²) in [5.74, 6) is -6.82. The summed E-state index contributed by atoms with van der Waals surface area (Å²) >= 11 is 0. The van der Waals surface area contributed by atoms with Gasteiger partial charge in [0.2, 0.25) is 0 Å². The van der Waals surface area contributed by atoms with Crippen LogP contribution in [0.2, 0.25) is 0 Å². The first-order valence-electron chi connectivity index (χ1n) is 7.37. The molecule has 0 radical (unpaired) electrons. The van der Waals surface area contributed by atoms with Crippen LogP contribution in [0.1, 0.15) is 23.0 Å². The Morgan fingerprint density at radius 2 is 1.46 bits per heavy atom. The van der Waals surface area contributed by atoms with Crippen molar-refractivity contribution in [3.05, 3.63) is 40.6 Å². The van der Waals surface area contributed by atoms with Gasteiger partial charge in [0.1, 0.15) is 11.8 Å². The zero-order valence-corrected chi connectivity index (χ0v) is 13.0. The molecule has 0 unspecified atom stereocenters. The number of hydrogen-bond donors (Lipinski definition) is 1. The van der Waals surface area contributed by atoms with E-state index < -0.39 is 47.4 Å². The third-order valence-electron chi connectivity index (χ3n) is 4.95. The second kappa shape index (κ2) is 5.97. The molecular weight excluding hydrogens is 318 g/mol. The van der Waals surface area contributed by atoms with E-state index in [-0.39, 0.29) is 5.23 Å². The Bertz CT molecular complexity index is 648. The SMILES string of the molecule is COC(=O)[C@H]1C(=O)[C@H](C(=O)OC)[C@H]2c3ccccc3[C@H]1C2N([O-])O. The molecule has 2 aliphatic carbocycles. The highest BCUT2D eigenvalue weighted by Gasteiger charge is 2.61. The second-order valence-electron chi connectivity index (χ2n) is 5.88. The lowest BCUT2D eigenvalue weighted by Gasteiger charge is -2.44. The van der Waals surface area contributed by atoms with Gasteiger partial charge in [-0.3, -0.25) is 19.6 Å². The number of methoxy groups -OCH3 is 2. The third-order valence-corrected chi connectivity index (χ3v) is 4.95. The minimum Gasteiger partial charge on any atom is -0.762 e. The zero-order chi connectivity index (χ0) is 17.6. The average Bonchev–Trinajstić information content (AvgIpc) is 2.85. The lowest BCUT2D eigenvalue weighted by atomic mass is 9.67. The molecule has 0 saturated heterocycles. The highest BCUT2D eigenvalue weighted by atomic mass is 16.8. The Balaban J connectivity index is 2.24. The Morgan fingerprint density at radius 1 is 1.04 bits per heavy atom. The summed E-state index contributed by atoms with van der Waals surface area (Å²) in [5.41, 5.74) is 1.16. The van der Waals surface area contributed by atoms with Crippen LogP contribution in [0, 0.1) is 17.0 Å². The fraction of sp³-hybridized carbons (Fsp3) is 0.438. The standard InChI is InChI=1S/C16H16NO7/c1-23-15(19)11-9-7-5-3-4-6-8(7)10(13(9)17(21)22)12(14(11)18)16(20)24-2/h3-6,9-13,21H,1-2H3/q-1/t9-,10-,11-,12-/m1/s1. The molecule has 0 aliphatic heterocycles. The summed E-state index contributed by atoms with van der Waals surface area (Å²) < 4.78 is 9.40. The quantitative estimate of drug-likeness (QED) is 0.485. The lowest BCUT2D eigenvalue weighted by Crippen LogP contribution is -2.53. The van der Waals surface area contributed by atoms with Gasteiger partial charge in [-0.1, -0.05) is 24.3 Å². The summed E-state index contributed by atoms with van der Waals surface area (Å²) in [6.07, 6.45) is 0. The van der Waals surface area contributed by atoms with E-state index in [1.54, 1.807) is 24.3 Å². The van der Waals surface area contributed by atoms with Crippen molar-refractivity contribution in [1.82, 2.24) is 5.23 Å². The molecule has 0 amide bonds. The molecule has 0 spiro atoms. The second-order valence-corrected chi connectivity index (χ2v) is 5.88. The smallest absolute Gasteiger partial charge is 0.316 e. The lowest BCUT2D eigenvalue weighted by molar-refractivity contribution is -0.168. The minimum absolute atomic E-state index is 0.270. The molecule has 24 heavy (non-hydrogen) atoms. The van der Waals surface area contributed by atoms with Gasteiger partial charge in [0.15, 0.2) is 5.78 Å². The monoisotopic (exact) mass is 334 g/mol. The maximum absolute atomic E-state index is 12.8. The summed E-state index contributed by atoms with van der Waals surface area (Å²) in [7, 11) is 2.25. The van der Waals surface area contributed by atoms with E-state index in [2.05, 4.69) is 0 Å². The van der Waals surface area contributed by atoms with Gasteiger partial charge in [0, 0.05) is 17.9 Å². The van der Waals surface area contributed by atoms with Crippen molar-refractivity contribution in [3.8, 4) is 0 Å². The number of benzene rings is 1. The average molecular weight is 334 g/mol. The van der Waals surface area contributed by atoms with E-state index in [9.17, 15) is 24.8 Å². The van der Waals surface area contributed by atoms with E-state index in [1.165, 1.54) is 0 Å². The highest BCUT2D eigenvalue weighted by Crippen LogP contribution is 2.56. The van der Waals surface area contributed by atoms with Gasteiger partial charge >= 0.3 is 11.9 Å². The number of carbonyl (C=O) groups excluding carboxylic acids is 3. The molecule has 4 atom stereocenters. The molecule has 1 aromatic carbocycles. The van der Waals surface area contributed by atoms with Gasteiger partial charge in [0.25, 0.3) is 0 Å². The molecule has 8 nitrogen and oxygen atoms in total. The Labute approximate surface area is 137 Å². The number of hydrogen-bond acceptors (Lipinski definition) is 8. The number of nitrogens with zero attached hydrogens (tertiary/aromatic N) is 1. The van der Waals surface area contributed by atoms with E-state index in [0.29, 0.717) is 11.1 Å². The summed E-state index contributed by atoms with van der Waals surface area (Å²) in [4.78, 5) is 37.2. The molecule has 0 aromatic heterocycles. The molecule has 1 aromatic rings. The largest absolute Gasteiger partial charge is 0.762 e. The fourth-order valence-corrected chi connectivity index (χ4v) is 4.06. The van der Waals surface area contributed by atoms with Crippen LogP contribution in [0.4, 0.5) is 0 Å². The van der Waals surface area contributed by atoms with Gasteiger partial charge < -0.3 is 19.9 Å². The zero-order valence-electron chi connectivity index (χ0n) is 13.0. The first-order chi connectivity index (χ1) is 11.4. The predicted molar refractivity (Wildman–Crippen MR) is 78.7 cm³/mol. The summed E-state index contributed by atoms with van der Waals surface area (Å²) in [5, 5.41) is 21.2. The number of ether oxygens (including phenoxy) is 2. The first kappa shape index (κ1) is 16.6. The normalized spacial score (nSPS) is 30.9. The van der Waals surface area contributed by atoms with Crippen molar-refractivity contribution in [2.45, 2.75) is 17.9 Å². The Morgan fingerprint density at radius 3 is 1.79 bits per heavy atom. The van der Waals surface area contributed by atoms with Crippen LogP contribution in [-0.4, -0.2) is 48.4 Å². The van der Waals surface area contributed by atoms with Crippen molar-refractivity contribution in [2.75, 3.05) is 14.2 Å². The number of esters is 2. The number of fused-ring (bicyclic) bond motifs is 5. The maximum Gasteiger partial charge on any atom is 0.316 e. The topological polar surface area (TPSA) is 116 Å². The van der Waals surface area contributed by atoms with Crippen molar-refractivity contribution in [2.24, 2.45) is 11.8 Å². The fourth-order valence-electron chi connectivity index (χ4n) is 4.06. The molecule has 2 aliphatic rings. The summed E-state index contributed by atoms with van der Waals surface area (Å²) in [6, 6.07) is 5.62. The third kappa shape index (κ3) is 2.15. The number of Topliss-reactive ketones (excluding diaryl/α,β-unsaturated/α-hetero) is 1. The molecule has 1 fully saturated rings. The highest BCUT2D eigenvalue weighted by molar-refractivity contribution is 6.11. The van der Waals surface area contributed by atoms with Crippen LogP contribution < -0.4 is 0 Å². The molecule has 3 rings (SSSR count). The molecular formula is C16H16NO7-. The van der Waals surface area contributed by atoms with E-state index in [1.807, 2.05) is 0 Å². The number of hydroxylamine groups is 2. The van der Waals surface area contributed by atoms with Gasteiger partial charge in [-0.25, -0.2) is 0 Å². The molecule has 8 heteroatoms. The van der Waals surface area contributed by atoms with Crippen molar-refractivity contribution >= 4 is 17.7 Å². The number of rotatable bonds is 3. The molecule has 0 heterocycles. The Kier molecular flexibility index (Phi) is 4.12. The van der Waals surface area contributed by atoms with Gasteiger partial charge in [-0.05, 0) is 11.1 Å². The molecule has 128 valence electrons. The van der Waals surface area contributed by atoms with Gasteiger partial charge in [0.05, 0.1) is 14.2 Å². The van der Waals surface area contributed by atoms with Crippen molar-refractivity contribution in [3.63, 3.8) is 0 Å². The van der Waals surface area contributed by atoms with E-state index >= 15 is 0 Å². The molecule has 2 bridgehead atoms. The van der Waals surface area contributed by atoms with Crippen LogP contribution in [-0.2, 0) is 23.9 Å². The summed E-state index contributed by atoms with van der Waals surface area (Å²) in [6.45, 7) is 0. The number of carbonyl (C=O) groups is 3. The Hall–Kier alpha value is -2.29. The van der Waals surface area contributed by atoms with Crippen LogP contribution in [0.5, 0.6) is 0 Å². The van der Waals surface area contributed by atoms with Gasteiger partial charge in [-0.15, -0.1) is 0 Å². The maximum atomic E-state index is 12.8. The van der Waals surface area contributed by atoms with Crippen LogP contribution >= 0.6 is 0 Å². The van der Waals surface area contributed by atoms with Crippen molar-refractivity contribution < 1.29 is 29.1 Å². The first-order valence-corrected chi connectivity index (χ1v) is 7.37. The predicted octanol–water partition coefficient (Wildman–Crippen LogP) is 0.586. The van der Waals surface area contributed by atoms with Gasteiger partial charge in [-0.2, -0.15) is 0 Å².